The molecule has 374 valence electrons. The molecule has 68 heavy (non-hydrogen) atoms. The SMILES string of the molecule is CCCC(=O)OCN(C(=O)C(NC(=O)C1CCCCN1C)C(C)CC)C(CCc1nc(C(=O)NC(Cc2ccc(O)cc2)CC(C)C(=O)NNC(=O)OCCSSc2ccccn2)cs1)C(C)C. The first kappa shape index (κ1) is 55.7. The zero-order valence-corrected chi connectivity index (χ0v) is 42.8. The van der Waals surface area contributed by atoms with Gasteiger partial charge in [-0.2, -0.15) is 0 Å². The number of nitrogens with zero attached hydrogens (tertiary/aromatic N) is 4. The number of phenols is 1. The molecule has 5 amide bonds. The third-order valence-electron chi connectivity index (χ3n) is 11.9. The zero-order chi connectivity index (χ0) is 49.6. The van der Waals surface area contributed by atoms with Crippen LogP contribution >= 0.6 is 32.9 Å². The van der Waals surface area contributed by atoms with Crippen LogP contribution in [0.4, 0.5) is 4.79 Å². The molecule has 1 aliphatic heterocycles. The molecule has 0 radical (unpaired) electrons. The van der Waals surface area contributed by atoms with Gasteiger partial charge in [0.1, 0.15) is 29.1 Å². The van der Waals surface area contributed by atoms with Crippen molar-refractivity contribution in [2.45, 2.75) is 135 Å². The van der Waals surface area contributed by atoms with Gasteiger partial charge in [-0.25, -0.2) is 20.2 Å². The molecule has 6 atom stereocenters. The summed E-state index contributed by atoms with van der Waals surface area (Å²) >= 11 is 1.31. The molecule has 0 aliphatic carbocycles. The van der Waals surface area contributed by atoms with Gasteiger partial charge in [0.05, 0.1) is 11.0 Å². The Hall–Kier alpha value is -4.92. The minimum absolute atomic E-state index is 0.0728. The summed E-state index contributed by atoms with van der Waals surface area (Å²) in [6.07, 6.45) is 6.39. The van der Waals surface area contributed by atoms with Crippen LogP contribution in [-0.4, -0.2) is 117 Å². The van der Waals surface area contributed by atoms with Gasteiger partial charge in [-0.3, -0.25) is 34.3 Å². The van der Waals surface area contributed by atoms with Gasteiger partial charge in [0, 0.05) is 48.2 Å². The summed E-state index contributed by atoms with van der Waals surface area (Å²) in [4.78, 5) is 92.8. The van der Waals surface area contributed by atoms with Crippen molar-refractivity contribution in [1.29, 1.82) is 0 Å². The van der Waals surface area contributed by atoms with Gasteiger partial charge in [0.2, 0.25) is 17.7 Å². The maximum Gasteiger partial charge on any atom is 0.426 e. The largest absolute Gasteiger partial charge is 0.508 e. The van der Waals surface area contributed by atoms with Gasteiger partial charge in [-0.05, 0) is 105 Å². The first-order chi connectivity index (χ1) is 32.6. The fraction of sp³-hybridized carbons (Fsp3) is 0.583. The Labute approximate surface area is 412 Å². The maximum absolute atomic E-state index is 14.7. The average molecular weight is 999 g/mol. The van der Waals surface area contributed by atoms with Crippen LogP contribution in [0, 0.1) is 17.8 Å². The van der Waals surface area contributed by atoms with Crippen molar-refractivity contribution in [3.05, 3.63) is 70.3 Å². The third-order valence-corrected chi connectivity index (χ3v) is 15.0. The number of likely N-dealkylation sites (N-methyl/N-ethyl adjacent to an activating group) is 1. The zero-order valence-electron chi connectivity index (χ0n) is 40.4. The lowest BCUT2D eigenvalue weighted by atomic mass is 9.93. The summed E-state index contributed by atoms with van der Waals surface area (Å²) in [6.45, 7) is 12.1. The lowest BCUT2D eigenvalue weighted by Gasteiger charge is -2.39. The van der Waals surface area contributed by atoms with Crippen LogP contribution in [-0.2, 0) is 41.5 Å². The Morgan fingerprint density at radius 1 is 0.985 bits per heavy atom. The van der Waals surface area contributed by atoms with E-state index in [1.165, 1.54) is 32.9 Å². The summed E-state index contributed by atoms with van der Waals surface area (Å²) < 4.78 is 10.9. The Morgan fingerprint density at radius 3 is 2.43 bits per heavy atom. The number of hydrazine groups is 1. The van der Waals surface area contributed by atoms with Crippen molar-refractivity contribution < 1.29 is 43.3 Å². The smallest absolute Gasteiger partial charge is 0.426 e. The average Bonchev–Trinajstić information content (AvgIpc) is 3.81. The number of hydrogen-bond donors (Lipinski definition) is 5. The fourth-order valence-electron chi connectivity index (χ4n) is 7.75. The highest BCUT2D eigenvalue weighted by Crippen LogP contribution is 2.29. The Morgan fingerprint density at radius 2 is 1.75 bits per heavy atom. The van der Waals surface area contributed by atoms with E-state index >= 15 is 0 Å². The summed E-state index contributed by atoms with van der Waals surface area (Å²) in [6, 6.07) is 10.1. The van der Waals surface area contributed by atoms with E-state index in [0.717, 1.165) is 30.0 Å². The molecule has 3 aromatic rings. The molecule has 6 unspecified atom stereocenters. The van der Waals surface area contributed by atoms with Crippen LogP contribution in [0.1, 0.15) is 114 Å². The van der Waals surface area contributed by atoms with E-state index < -0.39 is 47.9 Å². The lowest BCUT2D eigenvalue weighted by Crippen LogP contribution is -2.59. The standard InChI is InChI=1S/C48H70N8O9S3/c1-8-14-42(58)65-30-56(47(62)43(32(5)9-2)52-46(61)39-15-11-13-24-55(39)7)38(31(3)4)21-22-41-51-37(29-66-41)45(60)50-35(28-34-17-19-36(57)20-18-34)27-33(6)44(59)53-54-48(63)64-25-26-67-68-40-16-10-12-23-49-40/h10,12,16-20,23,29,31-33,35,38-39,43,57H,8-9,11,13-15,21-22,24-28,30H2,1-7H3,(H,50,60)(H,52,61)(H,53,59)(H,54,63). The molecule has 1 fully saturated rings. The number of carbonyl (C=O) groups excluding carboxylic acids is 6. The number of hydrogen-bond acceptors (Lipinski definition) is 15. The van der Waals surface area contributed by atoms with Crippen molar-refractivity contribution in [3.8, 4) is 5.75 Å². The third kappa shape index (κ3) is 18.5. The van der Waals surface area contributed by atoms with E-state index in [1.54, 1.807) is 47.7 Å². The Bertz CT molecular complexity index is 2060. The first-order valence-electron chi connectivity index (χ1n) is 23.5. The van der Waals surface area contributed by atoms with Crippen molar-refractivity contribution in [1.82, 2.24) is 41.3 Å². The second kappa shape index (κ2) is 29.2. The quantitative estimate of drug-likeness (QED) is 0.0181. The van der Waals surface area contributed by atoms with E-state index in [0.29, 0.717) is 49.3 Å². The van der Waals surface area contributed by atoms with Crippen LogP contribution in [0.5, 0.6) is 5.75 Å². The molecule has 20 heteroatoms. The minimum atomic E-state index is -0.831. The summed E-state index contributed by atoms with van der Waals surface area (Å²) in [5.74, 6) is -2.15. The molecule has 4 rings (SSSR count). The number of ether oxygens (including phenoxy) is 2. The van der Waals surface area contributed by atoms with E-state index in [1.807, 2.05) is 64.8 Å². The van der Waals surface area contributed by atoms with Crippen molar-refractivity contribution in [2.75, 3.05) is 32.7 Å². The number of nitrogens with one attached hydrogen (secondary N) is 4. The van der Waals surface area contributed by atoms with E-state index in [-0.39, 0.29) is 67.3 Å². The number of esters is 1. The number of aromatic hydroxyl groups is 1. The summed E-state index contributed by atoms with van der Waals surface area (Å²) in [7, 11) is 4.87. The molecule has 1 saturated heterocycles. The number of pyridine rings is 1. The molecule has 1 aliphatic rings. The first-order valence-corrected chi connectivity index (χ1v) is 26.7. The number of likely N-dealkylation sites (tertiary alicyclic amines) is 1. The van der Waals surface area contributed by atoms with Gasteiger partial charge in [0.25, 0.3) is 5.91 Å². The second-order valence-corrected chi connectivity index (χ2v) is 20.9. The number of aryl methyl sites for hydroxylation is 1. The van der Waals surface area contributed by atoms with Crippen molar-refractivity contribution >= 4 is 68.6 Å². The normalized spacial score (nSPS) is 16.1. The molecule has 1 aromatic carbocycles. The summed E-state index contributed by atoms with van der Waals surface area (Å²) in [5, 5.41) is 19.2. The number of aromatic nitrogens is 2. The number of benzene rings is 1. The van der Waals surface area contributed by atoms with Crippen molar-refractivity contribution in [3.63, 3.8) is 0 Å². The van der Waals surface area contributed by atoms with Gasteiger partial charge in [0.15, 0.2) is 6.73 Å². The lowest BCUT2D eigenvalue weighted by molar-refractivity contribution is -0.159. The topological polar surface area (TPSA) is 221 Å². The van der Waals surface area contributed by atoms with E-state index in [4.69, 9.17) is 9.47 Å². The van der Waals surface area contributed by atoms with E-state index in [2.05, 4.69) is 31.5 Å². The molecule has 3 heterocycles. The van der Waals surface area contributed by atoms with Gasteiger partial charge in [-0.15, -0.1) is 11.3 Å². The molecular weight excluding hydrogens is 929 g/mol. The van der Waals surface area contributed by atoms with Gasteiger partial charge < -0.3 is 30.1 Å². The van der Waals surface area contributed by atoms with Crippen LogP contribution in [0.2, 0.25) is 0 Å². The molecular formula is C48H70N8O9S3. The molecule has 5 N–H and O–H groups in total. The van der Waals surface area contributed by atoms with Crippen LogP contribution in [0.15, 0.2) is 59.1 Å². The van der Waals surface area contributed by atoms with Crippen molar-refractivity contribution in [2.24, 2.45) is 17.8 Å². The second-order valence-electron chi connectivity index (χ2n) is 17.5. The summed E-state index contributed by atoms with van der Waals surface area (Å²) in [5.41, 5.74) is 5.70. The van der Waals surface area contributed by atoms with Crippen LogP contribution < -0.4 is 21.5 Å². The molecule has 17 nitrogen and oxygen atoms in total. The highest BCUT2D eigenvalue weighted by Gasteiger charge is 2.37. The number of phenolic OH excluding ortho intramolecular Hbond substituents is 1. The minimum Gasteiger partial charge on any atom is -0.508 e. The number of rotatable bonds is 26. The Balaban J connectivity index is 1.41. The van der Waals surface area contributed by atoms with E-state index in [9.17, 15) is 33.9 Å². The van der Waals surface area contributed by atoms with Crippen LogP contribution in [0.3, 0.4) is 0 Å². The Kier molecular flexibility index (Phi) is 23.9. The van der Waals surface area contributed by atoms with Gasteiger partial charge in [-0.1, -0.05) is 83.4 Å². The maximum atomic E-state index is 14.7. The van der Waals surface area contributed by atoms with Gasteiger partial charge >= 0.3 is 12.1 Å². The predicted octanol–water partition coefficient (Wildman–Crippen LogP) is 6.91. The number of carbonyl (C=O) groups is 6. The highest BCUT2D eigenvalue weighted by atomic mass is 33.1. The monoisotopic (exact) mass is 998 g/mol. The molecule has 0 bridgehead atoms. The highest BCUT2D eigenvalue weighted by molar-refractivity contribution is 8.76. The number of thiazole rings is 1. The fourth-order valence-corrected chi connectivity index (χ4v) is 10.3. The van der Waals surface area contributed by atoms with Crippen LogP contribution in [0.25, 0.3) is 0 Å². The number of amides is 5. The molecule has 0 saturated carbocycles. The molecule has 0 spiro atoms. The predicted molar refractivity (Wildman–Crippen MR) is 265 cm³/mol. The molecule has 2 aromatic heterocycles. The number of piperidine rings is 1.